The van der Waals surface area contributed by atoms with Crippen LogP contribution in [-0.2, 0) is 10.0 Å². The third-order valence-corrected chi connectivity index (χ3v) is 6.33. The maximum Gasteiger partial charge on any atom is 0.284 e. The monoisotopic (exact) mass is 455 g/mol. The molecule has 2 aromatic carbocycles. The number of carbonyl (C=O) groups excluding carboxylic acids is 1. The van der Waals surface area contributed by atoms with E-state index in [1.807, 2.05) is 41.8 Å². The molecule has 1 N–H and O–H groups in total. The summed E-state index contributed by atoms with van der Waals surface area (Å²) in [6.07, 6.45) is 1.55. The molecule has 2 heterocycles. The fourth-order valence-electron chi connectivity index (χ4n) is 3.48. The number of hydrogen-bond acceptors (Lipinski definition) is 6. The summed E-state index contributed by atoms with van der Waals surface area (Å²) in [5.74, 6) is 0.529. The van der Waals surface area contributed by atoms with Gasteiger partial charge in [0.25, 0.3) is 5.91 Å². The van der Waals surface area contributed by atoms with Gasteiger partial charge in [0.15, 0.2) is 0 Å². The Kier molecular flexibility index (Phi) is 5.79. The van der Waals surface area contributed by atoms with Crippen LogP contribution in [0.2, 0.25) is 0 Å². The van der Waals surface area contributed by atoms with E-state index in [0.717, 1.165) is 17.6 Å². The van der Waals surface area contributed by atoms with Crippen molar-refractivity contribution >= 4 is 38.7 Å². The Morgan fingerprint density at radius 3 is 2.52 bits per heavy atom. The summed E-state index contributed by atoms with van der Waals surface area (Å²) in [4.78, 5) is 13.8. The molecule has 7 nitrogen and oxygen atoms in total. The Balaban J connectivity index is 1.75. The molecule has 0 spiro atoms. The van der Waals surface area contributed by atoms with Gasteiger partial charge in [0.2, 0.25) is 10.0 Å². The van der Waals surface area contributed by atoms with E-state index in [2.05, 4.69) is 9.82 Å². The van der Waals surface area contributed by atoms with Gasteiger partial charge in [-0.3, -0.25) is 9.52 Å². The van der Waals surface area contributed by atoms with E-state index in [1.165, 1.54) is 16.3 Å². The average molecular weight is 456 g/mol. The number of anilines is 1. The second-order valence-corrected chi connectivity index (χ2v) is 9.78. The van der Waals surface area contributed by atoms with Crippen LogP contribution in [0, 0.1) is 0 Å². The number of para-hydroxylation sites is 1. The van der Waals surface area contributed by atoms with Crippen molar-refractivity contribution < 1.29 is 17.9 Å². The number of nitrogens with one attached hydrogen (secondary N) is 1. The second-order valence-electron chi connectivity index (χ2n) is 7.09. The van der Waals surface area contributed by atoms with Crippen molar-refractivity contribution in [2.75, 3.05) is 18.1 Å². The number of ether oxygens (including phenoxy) is 1. The van der Waals surface area contributed by atoms with E-state index in [4.69, 9.17) is 4.74 Å². The molecule has 1 aliphatic heterocycles. The molecule has 9 heteroatoms. The SMILES string of the molecule is COc1ccc([C@@H]2CC(c3ccccc3NS(C)(=O)=O)=NN2C(=O)c2cccs2)cc1. The Morgan fingerprint density at radius 1 is 1.13 bits per heavy atom. The molecule has 0 aliphatic carbocycles. The highest BCUT2D eigenvalue weighted by atomic mass is 32.2. The maximum absolute atomic E-state index is 13.2. The normalized spacial score (nSPS) is 16.1. The molecule has 0 fully saturated rings. The molecule has 0 saturated heterocycles. The molecule has 1 atom stereocenters. The number of amides is 1. The third kappa shape index (κ3) is 4.62. The minimum Gasteiger partial charge on any atom is -0.497 e. The molecule has 0 saturated carbocycles. The van der Waals surface area contributed by atoms with E-state index in [9.17, 15) is 13.2 Å². The number of rotatable bonds is 6. The van der Waals surface area contributed by atoms with Gasteiger partial charge >= 0.3 is 0 Å². The van der Waals surface area contributed by atoms with Crippen LogP contribution in [0.4, 0.5) is 5.69 Å². The van der Waals surface area contributed by atoms with Crippen molar-refractivity contribution in [2.45, 2.75) is 12.5 Å². The molecule has 160 valence electrons. The molecule has 4 rings (SSSR count). The van der Waals surface area contributed by atoms with Gasteiger partial charge in [-0.15, -0.1) is 11.3 Å². The van der Waals surface area contributed by atoms with Gasteiger partial charge in [-0.1, -0.05) is 36.4 Å². The number of hydrazone groups is 1. The molecular formula is C22H21N3O4S2. The van der Waals surface area contributed by atoms with Crippen molar-refractivity contribution in [3.63, 3.8) is 0 Å². The number of carbonyl (C=O) groups is 1. The largest absolute Gasteiger partial charge is 0.497 e. The van der Waals surface area contributed by atoms with Crippen LogP contribution in [0.15, 0.2) is 71.1 Å². The summed E-state index contributed by atoms with van der Waals surface area (Å²) in [6.45, 7) is 0. The zero-order valence-corrected chi connectivity index (χ0v) is 18.6. The van der Waals surface area contributed by atoms with Crippen molar-refractivity contribution in [3.8, 4) is 5.75 Å². The summed E-state index contributed by atoms with van der Waals surface area (Å²) in [5.41, 5.74) is 2.63. The first kappa shape index (κ1) is 21.1. The van der Waals surface area contributed by atoms with Gasteiger partial charge in [0.1, 0.15) is 5.75 Å². The number of thiophene rings is 1. The number of benzene rings is 2. The molecule has 0 radical (unpaired) electrons. The third-order valence-electron chi connectivity index (χ3n) is 4.88. The topological polar surface area (TPSA) is 88.1 Å². The van der Waals surface area contributed by atoms with E-state index in [1.54, 1.807) is 31.4 Å². The number of sulfonamides is 1. The van der Waals surface area contributed by atoms with Crippen molar-refractivity contribution in [3.05, 3.63) is 82.0 Å². The van der Waals surface area contributed by atoms with E-state index in [-0.39, 0.29) is 11.9 Å². The Hall–Kier alpha value is -3.17. The maximum atomic E-state index is 13.2. The lowest BCUT2D eigenvalue weighted by molar-refractivity contribution is 0.0716. The van der Waals surface area contributed by atoms with Crippen LogP contribution in [-0.4, -0.2) is 38.4 Å². The van der Waals surface area contributed by atoms with E-state index < -0.39 is 10.0 Å². The molecule has 3 aromatic rings. The van der Waals surface area contributed by atoms with Gasteiger partial charge in [0, 0.05) is 12.0 Å². The fourth-order valence-corrected chi connectivity index (χ4v) is 4.72. The minimum atomic E-state index is -3.47. The number of nitrogens with zero attached hydrogens (tertiary/aromatic N) is 2. The highest BCUT2D eigenvalue weighted by Crippen LogP contribution is 2.36. The predicted octanol–water partition coefficient (Wildman–Crippen LogP) is 4.12. The average Bonchev–Trinajstić information content (AvgIpc) is 3.43. The lowest BCUT2D eigenvalue weighted by Gasteiger charge is -2.21. The van der Waals surface area contributed by atoms with Crippen molar-refractivity contribution in [2.24, 2.45) is 5.10 Å². The highest BCUT2D eigenvalue weighted by Gasteiger charge is 2.34. The molecule has 0 unspecified atom stereocenters. The molecule has 1 amide bonds. The predicted molar refractivity (Wildman–Crippen MR) is 122 cm³/mol. The first-order valence-electron chi connectivity index (χ1n) is 9.51. The highest BCUT2D eigenvalue weighted by molar-refractivity contribution is 7.92. The number of methoxy groups -OCH3 is 1. The van der Waals surface area contributed by atoms with Crippen LogP contribution >= 0.6 is 11.3 Å². The lowest BCUT2D eigenvalue weighted by Crippen LogP contribution is -2.26. The molecule has 1 aromatic heterocycles. The van der Waals surface area contributed by atoms with Gasteiger partial charge < -0.3 is 4.74 Å². The Labute approximate surface area is 185 Å². The Bertz CT molecular complexity index is 1220. The number of hydrogen-bond donors (Lipinski definition) is 1. The van der Waals surface area contributed by atoms with Crippen LogP contribution < -0.4 is 9.46 Å². The van der Waals surface area contributed by atoms with E-state index >= 15 is 0 Å². The lowest BCUT2D eigenvalue weighted by atomic mass is 9.97. The fraction of sp³-hybridized carbons (Fsp3) is 0.182. The first-order valence-corrected chi connectivity index (χ1v) is 12.3. The minimum absolute atomic E-state index is 0.195. The standard InChI is InChI=1S/C22H21N3O4S2/c1-29-16-11-9-15(10-12-16)20-14-19(23-25(20)22(26)21-8-5-13-30-21)17-6-3-4-7-18(17)24-31(2,27)28/h3-13,20,24H,14H2,1-2H3/t20-/m0/s1. The van der Waals surface area contributed by atoms with Gasteiger partial charge in [0.05, 0.1) is 35.7 Å². The second kappa shape index (κ2) is 8.52. The van der Waals surface area contributed by atoms with Gasteiger partial charge in [-0.25, -0.2) is 13.4 Å². The van der Waals surface area contributed by atoms with Gasteiger partial charge in [-0.05, 0) is 35.2 Å². The summed E-state index contributed by atoms with van der Waals surface area (Å²) in [5, 5.41) is 7.98. The van der Waals surface area contributed by atoms with Crippen LogP contribution in [0.3, 0.4) is 0 Å². The molecule has 0 bridgehead atoms. The quantitative estimate of drug-likeness (QED) is 0.606. The smallest absolute Gasteiger partial charge is 0.284 e. The molecular weight excluding hydrogens is 434 g/mol. The molecule has 1 aliphatic rings. The summed E-state index contributed by atoms with van der Waals surface area (Å²) in [7, 11) is -1.86. The summed E-state index contributed by atoms with van der Waals surface area (Å²) < 4.78 is 31.4. The van der Waals surface area contributed by atoms with E-state index in [0.29, 0.717) is 28.3 Å². The van der Waals surface area contributed by atoms with Crippen molar-refractivity contribution in [1.29, 1.82) is 0 Å². The van der Waals surface area contributed by atoms with Crippen molar-refractivity contribution in [1.82, 2.24) is 5.01 Å². The first-order chi connectivity index (χ1) is 14.9. The van der Waals surface area contributed by atoms with Crippen LogP contribution in [0.25, 0.3) is 0 Å². The summed E-state index contributed by atoms with van der Waals surface area (Å²) >= 11 is 1.36. The van der Waals surface area contributed by atoms with Crippen LogP contribution in [0.1, 0.15) is 33.3 Å². The summed E-state index contributed by atoms with van der Waals surface area (Å²) in [6, 6.07) is 17.9. The zero-order valence-electron chi connectivity index (χ0n) is 17.0. The Morgan fingerprint density at radius 2 is 1.87 bits per heavy atom. The zero-order chi connectivity index (χ0) is 22.0. The van der Waals surface area contributed by atoms with Crippen LogP contribution in [0.5, 0.6) is 5.75 Å². The molecule has 31 heavy (non-hydrogen) atoms. The van der Waals surface area contributed by atoms with Gasteiger partial charge in [-0.2, -0.15) is 5.10 Å².